The molecule has 4 unspecified atom stereocenters. The van der Waals surface area contributed by atoms with Crippen LogP contribution >= 0.6 is 0 Å². The SMILES string of the molecule is O=COC1C2CC(c3ccccc32)C1OC=O. The van der Waals surface area contributed by atoms with Gasteiger partial charge in [0.05, 0.1) is 0 Å². The Morgan fingerprint density at radius 2 is 1.41 bits per heavy atom. The quantitative estimate of drug-likeness (QED) is 0.735. The summed E-state index contributed by atoms with van der Waals surface area (Å²) < 4.78 is 10.2. The maximum atomic E-state index is 10.5. The molecule has 0 aromatic heterocycles. The Kier molecular flexibility index (Phi) is 2.35. The van der Waals surface area contributed by atoms with Crippen molar-refractivity contribution in [3.8, 4) is 0 Å². The predicted molar refractivity (Wildman–Crippen MR) is 58.4 cm³/mol. The molecular formula is C13H12O4. The van der Waals surface area contributed by atoms with Crippen LogP contribution in [0.4, 0.5) is 0 Å². The molecule has 17 heavy (non-hydrogen) atoms. The van der Waals surface area contributed by atoms with Crippen molar-refractivity contribution in [2.24, 2.45) is 0 Å². The molecule has 1 aromatic rings. The van der Waals surface area contributed by atoms with Crippen LogP contribution in [0.5, 0.6) is 0 Å². The van der Waals surface area contributed by atoms with Crippen LogP contribution in [0.1, 0.15) is 29.4 Å². The topological polar surface area (TPSA) is 52.6 Å². The van der Waals surface area contributed by atoms with Crippen LogP contribution in [0.3, 0.4) is 0 Å². The fourth-order valence-corrected chi connectivity index (χ4v) is 3.27. The standard InChI is InChI=1S/C13H12O4/c14-6-16-12-10-5-11(13(12)17-7-15)9-4-2-1-3-8(9)10/h1-4,6-7,10-13H,5H2. The Morgan fingerprint density at radius 1 is 0.941 bits per heavy atom. The molecule has 88 valence electrons. The lowest BCUT2D eigenvalue weighted by Gasteiger charge is -2.29. The molecular weight excluding hydrogens is 220 g/mol. The van der Waals surface area contributed by atoms with Gasteiger partial charge in [-0.3, -0.25) is 9.59 Å². The third-order valence-electron chi connectivity index (χ3n) is 3.85. The summed E-state index contributed by atoms with van der Waals surface area (Å²) in [5.41, 5.74) is 2.44. The molecule has 0 spiro atoms. The molecule has 2 aliphatic carbocycles. The van der Waals surface area contributed by atoms with Gasteiger partial charge < -0.3 is 9.47 Å². The number of ether oxygens (including phenoxy) is 2. The van der Waals surface area contributed by atoms with Crippen LogP contribution in [0, 0.1) is 0 Å². The molecule has 0 N–H and O–H groups in total. The molecule has 0 saturated heterocycles. The Bertz CT molecular complexity index is 415. The average Bonchev–Trinajstić information content (AvgIpc) is 2.88. The molecule has 0 amide bonds. The third-order valence-corrected chi connectivity index (χ3v) is 3.85. The maximum Gasteiger partial charge on any atom is 0.293 e. The van der Waals surface area contributed by atoms with Gasteiger partial charge in [-0.2, -0.15) is 0 Å². The molecule has 4 atom stereocenters. The van der Waals surface area contributed by atoms with Crippen molar-refractivity contribution in [2.75, 3.05) is 0 Å². The third kappa shape index (κ3) is 1.37. The summed E-state index contributed by atoms with van der Waals surface area (Å²) in [7, 11) is 0. The first kappa shape index (κ1) is 10.3. The van der Waals surface area contributed by atoms with E-state index in [1.54, 1.807) is 0 Å². The number of carbonyl (C=O) groups excluding carboxylic acids is 2. The average molecular weight is 232 g/mol. The molecule has 0 aliphatic heterocycles. The van der Waals surface area contributed by atoms with Crippen LogP contribution in [0.2, 0.25) is 0 Å². The molecule has 4 heteroatoms. The van der Waals surface area contributed by atoms with Crippen molar-refractivity contribution in [1.29, 1.82) is 0 Å². The second kappa shape index (κ2) is 3.87. The van der Waals surface area contributed by atoms with Crippen molar-refractivity contribution < 1.29 is 19.1 Å². The van der Waals surface area contributed by atoms with E-state index in [9.17, 15) is 9.59 Å². The molecule has 4 nitrogen and oxygen atoms in total. The predicted octanol–water partition coefficient (Wildman–Crippen LogP) is 1.35. The lowest BCUT2D eigenvalue weighted by molar-refractivity contribution is -0.150. The largest absolute Gasteiger partial charge is 0.460 e. The Morgan fingerprint density at radius 3 is 1.82 bits per heavy atom. The van der Waals surface area contributed by atoms with E-state index in [2.05, 4.69) is 12.1 Å². The van der Waals surface area contributed by atoms with Crippen molar-refractivity contribution >= 4 is 12.9 Å². The molecule has 0 heterocycles. The van der Waals surface area contributed by atoms with E-state index in [-0.39, 0.29) is 24.0 Å². The van der Waals surface area contributed by atoms with Crippen LogP contribution in [0.15, 0.2) is 24.3 Å². The summed E-state index contributed by atoms with van der Waals surface area (Å²) in [5.74, 6) is 0.317. The number of carbonyl (C=O) groups is 2. The minimum absolute atomic E-state index is 0.159. The van der Waals surface area contributed by atoms with E-state index in [1.165, 1.54) is 11.1 Å². The first-order valence-electron chi connectivity index (χ1n) is 5.64. The van der Waals surface area contributed by atoms with E-state index in [0.717, 1.165) is 6.42 Å². The van der Waals surface area contributed by atoms with Crippen molar-refractivity contribution in [3.63, 3.8) is 0 Å². The summed E-state index contributed by atoms with van der Waals surface area (Å²) in [6, 6.07) is 8.07. The monoisotopic (exact) mass is 232 g/mol. The van der Waals surface area contributed by atoms with Gasteiger partial charge in [0.1, 0.15) is 12.2 Å². The van der Waals surface area contributed by atoms with Crippen molar-refractivity contribution in [1.82, 2.24) is 0 Å². The highest BCUT2D eigenvalue weighted by Gasteiger charge is 2.53. The minimum Gasteiger partial charge on any atom is -0.460 e. The Labute approximate surface area is 98.5 Å². The van der Waals surface area contributed by atoms with Gasteiger partial charge in [-0.05, 0) is 17.5 Å². The van der Waals surface area contributed by atoms with Gasteiger partial charge in [0, 0.05) is 11.8 Å². The number of fused-ring (bicyclic) bond motifs is 5. The van der Waals surface area contributed by atoms with Gasteiger partial charge >= 0.3 is 0 Å². The molecule has 0 radical (unpaired) electrons. The molecule has 2 bridgehead atoms. The van der Waals surface area contributed by atoms with Crippen molar-refractivity contribution in [3.05, 3.63) is 35.4 Å². The summed E-state index contributed by atoms with van der Waals surface area (Å²) in [6.45, 7) is 0.879. The van der Waals surface area contributed by atoms with Gasteiger partial charge in [-0.1, -0.05) is 24.3 Å². The number of benzene rings is 1. The van der Waals surface area contributed by atoms with Crippen LogP contribution in [-0.4, -0.2) is 25.2 Å². The second-order valence-electron chi connectivity index (χ2n) is 4.47. The molecule has 1 saturated carbocycles. The van der Waals surface area contributed by atoms with Gasteiger partial charge in [0.2, 0.25) is 0 Å². The minimum atomic E-state index is -0.336. The summed E-state index contributed by atoms with van der Waals surface area (Å²) in [6.07, 6.45) is 0.214. The van der Waals surface area contributed by atoms with Crippen molar-refractivity contribution in [2.45, 2.75) is 30.5 Å². The highest BCUT2D eigenvalue weighted by atomic mass is 16.6. The van der Waals surface area contributed by atoms with E-state index >= 15 is 0 Å². The zero-order valence-corrected chi connectivity index (χ0v) is 9.11. The van der Waals surface area contributed by atoms with Gasteiger partial charge in [-0.15, -0.1) is 0 Å². The molecule has 1 aromatic carbocycles. The zero-order valence-electron chi connectivity index (χ0n) is 9.11. The Balaban J connectivity index is 1.99. The highest BCUT2D eigenvalue weighted by molar-refractivity contribution is 5.48. The molecule has 3 rings (SSSR count). The van der Waals surface area contributed by atoms with Crippen LogP contribution < -0.4 is 0 Å². The summed E-state index contributed by atoms with van der Waals surface area (Å²) in [5, 5.41) is 0. The zero-order chi connectivity index (χ0) is 11.8. The second-order valence-corrected chi connectivity index (χ2v) is 4.47. The fraction of sp³-hybridized carbons (Fsp3) is 0.385. The van der Waals surface area contributed by atoms with E-state index < -0.39 is 0 Å². The lowest BCUT2D eigenvalue weighted by atomic mass is 9.87. The number of rotatable bonds is 4. The lowest BCUT2D eigenvalue weighted by Crippen LogP contribution is -2.35. The van der Waals surface area contributed by atoms with Crippen LogP contribution in [0.25, 0.3) is 0 Å². The molecule has 2 aliphatic rings. The number of hydrogen-bond acceptors (Lipinski definition) is 4. The van der Waals surface area contributed by atoms with Gasteiger partial charge in [-0.25, -0.2) is 0 Å². The smallest absolute Gasteiger partial charge is 0.293 e. The van der Waals surface area contributed by atoms with E-state index in [1.807, 2.05) is 12.1 Å². The number of hydrogen-bond donors (Lipinski definition) is 0. The Hall–Kier alpha value is -1.84. The van der Waals surface area contributed by atoms with Crippen LogP contribution in [-0.2, 0) is 19.1 Å². The summed E-state index contributed by atoms with van der Waals surface area (Å²) in [4.78, 5) is 21.1. The maximum absolute atomic E-state index is 10.5. The van der Waals surface area contributed by atoms with E-state index in [0.29, 0.717) is 12.9 Å². The first-order valence-corrected chi connectivity index (χ1v) is 5.64. The van der Waals surface area contributed by atoms with Gasteiger partial charge in [0.15, 0.2) is 0 Å². The first-order chi connectivity index (χ1) is 8.36. The summed E-state index contributed by atoms with van der Waals surface area (Å²) >= 11 is 0. The fourth-order valence-electron chi connectivity index (χ4n) is 3.27. The van der Waals surface area contributed by atoms with E-state index in [4.69, 9.17) is 9.47 Å². The normalized spacial score (nSPS) is 32.9. The molecule has 1 fully saturated rings. The highest BCUT2D eigenvalue weighted by Crippen LogP contribution is 2.54. The van der Waals surface area contributed by atoms with Gasteiger partial charge in [0.25, 0.3) is 12.9 Å².